The summed E-state index contributed by atoms with van der Waals surface area (Å²) in [7, 11) is 1.63. The van der Waals surface area contributed by atoms with Crippen molar-refractivity contribution >= 4 is 23.1 Å². The molecule has 1 atom stereocenters. The smallest absolute Gasteiger partial charge is 0.242 e. The van der Waals surface area contributed by atoms with Crippen molar-refractivity contribution in [2.45, 2.75) is 19.3 Å². The van der Waals surface area contributed by atoms with Crippen molar-refractivity contribution in [2.75, 3.05) is 7.05 Å². The second kappa shape index (κ2) is 4.92. The van der Waals surface area contributed by atoms with E-state index in [1.807, 2.05) is 25.1 Å². The lowest BCUT2D eigenvalue weighted by atomic mass is 9.77. The number of carbonyl (C=O) groups excluding carboxylic acids is 1. The number of likely N-dealkylation sites (N-methyl/N-ethyl adjacent to an activating group) is 1. The molecule has 2 heterocycles. The van der Waals surface area contributed by atoms with Crippen LogP contribution in [0.5, 0.6) is 0 Å². The largest absolute Gasteiger partial charge is 0.299 e. The maximum absolute atomic E-state index is 12.6. The average Bonchev–Trinajstić information content (AvgIpc) is 3.02. The molecule has 0 bridgehead atoms. The molecular formula is C18H18N2OS. The highest BCUT2D eigenvalue weighted by molar-refractivity contribution is 7.13. The van der Waals surface area contributed by atoms with Crippen LogP contribution < -0.4 is 0 Å². The second-order valence-corrected chi connectivity index (χ2v) is 6.80. The maximum Gasteiger partial charge on any atom is 0.242 e. The molecule has 3 nitrogen and oxygen atoms in total. The summed E-state index contributed by atoms with van der Waals surface area (Å²) in [6, 6.07) is 10.1. The molecule has 1 saturated heterocycles. The first-order valence-corrected chi connectivity index (χ1v) is 7.96. The van der Waals surface area contributed by atoms with Crippen molar-refractivity contribution < 1.29 is 4.79 Å². The molecule has 1 amide bonds. The molecular weight excluding hydrogens is 292 g/mol. The summed E-state index contributed by atoms with van der Waals surface area (Å²) >= 11 is 1.70. The standard InChI is InChI=1S/C18H18N2OS/c1-11-8-15(22-10-11)13-6-5-7-14(9-13)18(3)12(2)16(19)20(4)17(18)21/h5-10,19H,2H2,1,3-4H3. The van der Waals surface area contributed by atoms with E-state index in [4.69, 9.17) is 5.41 Å². The Balaban J connectivity index is 2.11. The molecule has 1 aliphatic heterocycles. The van der Waals surface area contributed by atoms with Crippen LogP contribution in [0.15, 0.2) is 47.9 Å². The molecule has 0 radical (unpaired) electrons. The summed E-state index contributed by atoms with van der Waals surface area (Å²) in [6.45, 7) is 7.92. The summed E-state index contributed by atoms with van der Waals surface area (Å²) in [5.74, 6) is 0.104. The van der Waals surface area contributed by atoms with Crippen LogP contribution in [0.3, 0.4) is 0 Å². The fourth-order valence-electron chi connectivity index (χ4n) is 2.87. The van der Waals surface area contributed by atoms with Crippen LogP contribution in [0.2, 0.25) is 0 Å². The van der Waals surface area contributed by atoms with Gasteiger partial charge in [-0.25, -0.2) is 0 Å². The van der Waals surface area contributed by atoms with Gasteiger partial charge in [-0.05, 0) is 48.1 Å². The van der Waals surface area contributed by atoms with Crippen molar-refractivity contribution in [1.82, 2.24) is 4.90 Å². The Morgan fingerprint density at radius 1 is 1.32 bits per heavy atom. The van der Waals surface area contributed by atoms with E-state index in [9.17, 15) is 4.79 Å². The van der Waals surface area contributed by atoms with E-state index in [0.29, 0.717) is 5.57 Å². The molecule has 2 aromatic rings. The second-order valence-electron chi connectivity index (χ2n) is 5.89. The number of thiophene rings is 1. The minimum absolute atomic E-state index is 0.0954. The van der Waals surface area contributed by atoms with Crippen LogP contribution in [-0.2, 0) is 10.2 Å². The van der Waals surface area contributed by atoms with Crippen LogP contribution in [0.25, 0.3) is 10.4 Å². The van der Waals surface area contributed by atoms with E-state index in [1.54, 1.807) is 18.4 Å². The number of carbonyl (C=O) groups is 1. The Morgan fingerprint density at radius 2 is 2.05 bits per heavy atom. The predicted octanol–water partition coefficient (Wildman–Crippen LogP) is 3.99. The Labute approximate surface area is 134 Å². The van der Waals surface area contributed by atoms with Crippen molar-refractivity contribution in [2.24, 2.45) is 0 Å². The van der Waals surface area contributed by atoms with Gasteiger partial charge in [0.25, 0.3) is 0 Å². The van der Waals surface area contributed by atoms with Gasteiger partial charge in [0.15, 0.2) is 0 Å². The number of hydrogen-bond donors (Lipinski definition) is 1. The van der Waals surface area contributed by atoms with E-state index in [1.165, 1.54) is 15.3 Å². The topological polar surface area (TPSA) is 44.2 Å². The first kappa shape index (κ1) is 14.7. The number of amides is 1. The number of benzene rings is 1. The number of amidine groups is 1. The molecule has 0 saturated carbocycles. The quantitative estimate of drug-likeness (QED) is 0.895. The fraction of sp³-hybridized carbons (Fsp3) is 0.222. The van der Waals surface area contributed by atoms with E-state index in [2.05, 4.69) is 31.0 Å². The van der Waals surface area contributed by atoms with Gasteiger partial charge in [0, 0.05) is 17.5 Å². The Hall–Kier alpha value is -2.20. The zero-order valence-corrected chi connectivity index (χ0v) is 13.8. The lowest BCUT2D eigenvalue weighted by Gasteiger charge is -2.23. The first-order chi connectivity index (χ1) is 10.4. The monoisotopic (exact) mass is 310 g/mol. The van der Waals surface area contributed by atoms with Crippen molar-refractivity contribution in [3.63, 3.8) is 0 Å². The van der Waals surface area contributed by atoms with Gasteiger partial charge in [0.05, 0.1) is 5.41 Å². The minimum Gasteiger partial charge on any atom is -0.299 e. The Morgan fingerprint density at radius 3 is 2.59 bits per heavy atom. The maximum atomic E-state index is 12.6. The van der Waals surface area contributed by atoms with Gasteiger partial charge < -0.3 is 0 Å². The van der Waals surface area contributed by atoms with E-state index in [-0.39, 0.29) is 11.7 Å². The molecule has 0 aliphatic carbocycles. The summed E-state index contributed by atoms with van der Waals surface area (Å²) in [6.07, 6.45) is 0. The molecule has 1 unspecified atom stereocenters. The van der Waals surface area contributed by atoms with Crippen LogP contribution >= 0.6 is 11.3 Å². The molecule has 1 aromatic heterocycles. The third-order valence-electron chi connectivity index (χ3n) is 4.41. The highest BCUT2D eigenvalue weighted by Crippen LogP contribution is 2.40. The number of aryl methyl sites for hydroxylation is 1. The zero-order valence-electron chi connectivity index (χ0n) is 12.9. The summed E-state index contributed by atoms with van der Waals surface area (Å²) in [5, 5.41) is 10.1. The first-order valence-electron chi connectivity index (χ1n) is 7.08. The van der Waals surface area contributed by atoms with Gasteiger partial charge >= 0.3 is 0 Å². The minimum atomic E-state index is -0.853. The molecule has 3 rings (SSSR count). The van der Waals surface area contributed by atoms with Crippen molar-refractivity contribution in [3.05, 3.63) is 59.0 Å². The molecule has 1 aromatic carbocycles. The molecule has 0 spiro atoms. The van der Waals surface area contributed by atoms with Crippen LogP contribution in [-0.4, -0.2) is 23.7 Å². The number of hydrogen-bond acceptors (Lipinski definition) is 3. The molecule has 1 aliphatic rings. The third kappa shape index (κ3) is 1.95. The van der Waals surface area contributed by atoms with Crippen molar-refractivity contribution in [3.8, 4) is 10.4 Å². The summed E-state index contributed by atoms with van der Waals surface area (Å²) in [4.78, 5) is 15.2. The summed E-state index contributed by atoms with van der Waals surface area (Å²) < 4.78 is 0. The number of nitrogens with zero attached hydrogens (tertiary/aromatic N) is 1. The van der Waals surface area contributed by atoms with Crippen LogP contribution in [0.1, 0.15) is 18.1 Å². The van der Waals surface area contributed by atoms with Crippen LogP contribution in [0, 0.1) is 12.3 Å². The lowest BCUT2D eigenvalue weighted by Crippen LogP contribution is -2.34. The fourth-order valence-corrected chi connectivity index (χ4v) is 3.77. The number of rotatable bonds is 2. The SMILES string of the molecule is C=C1C(=N)N(C)C(=O)C1(C)c1cccc(-c2cc(C)cs2)c1. The average molecular weight is 310 g/mol. The zero-order chi connectivity index (χ0) is 16.1. The van der Waals surface area contributed by atoms with Gasteiger partial charge in [0.2, 0.25) is 5.91 Å². The summed E-state index contributed by atoms with van der Waals surface area (Å²) in [5.41, 5.74) is 2.92. The van der Waals surface area contributed by atoms with Gasteiger partial charge in [0.1, 0.15) is 5.84 Å². The van der Waals surface area contributed by atoms with Gasteiger partial charge in [-0.1, -0.05) is 24.8 Å². The lowest BCUT2D eigenvalue weighted by molar-refractivity contribution is -0.128. The van der Waals surface area contributed by atoms with Crippen LogP contribution in [0.4, 0.5) is 0 Å². The van der Waals surface area contributed by atoms with Gasteiger partial charge in [-0.3, -0.25) is 15.1 Å². The Kier molecular flexibility index (Phi) is 3.29. The molecule has 1 fully saturated rings. The van der Waals surface area contributed by atoms with Gasteiger partial charge in [-0.2, -0.15) is 0 Å². The number of nitrogens with one attached hydrogen (secondary N) is 1. The van der Waals surface area contributed by atoms with Crippen molar-refractivity contribution in [1.29, 1.82) is 5.41 Å². The van der Waals surface area contributed by atoms with Gasteiger partial charge in [-0.15, -0.1) is 11.3 Å². The van der Waals surface area contributed by atoms with E-state index < -0.39 is 5.41 Å². The predicted molar refractivity (Wildman–Crippen MR) is 91.5 cm³/mol. The molecule has 22 heavy (non-hydrogen) atoms. The normalized spacial score (nSPS) is 21.8. The number of likely N-dealkylation sites (tertiary alicyclic amines) is 1. The molecule has 1 N–H and O–H groups in total. The molecule has 112 valence electrons. The van der Waals surface area contributed by atoms with E-state index in [0.717, 1.165) is 11.1 Å². The Bertz CT molecular complexity index is 805. The van der Waals surface area contributed by atoms with E-state index >= 15 is 0 Å². The molecule has 4 heteroatoms. The third-order valence-corrected chi connectivity index (χ3v) is 5.51. The highest BCUT2D eigenvalue weighted by atomic mass is 32.1. The highest BCUT2D eigenvalue weighted by Gasteiger charge is 2.49.